The Kier molecular flexibility index (Phi) is 3.67. The number of nitriles is 1. The van der Waals surface area contributed by atoms with Gasteiger partial charge in [0.25, 0.3) is 6.43 Å². The molecule has 2 rings (SSSR count). The third kappa shape index (κ3) is 2.66. The quantitative estimate of drug-likeness (QED) is 0.789. The number of benzene rings is 1. The normalized spacial score (nSPS) is 10.5. The van der Waals surface area contributed by atoms with Crippen molar-refractivity contribution in [1.82, 2.24) is 9.97 Å². The van der Waals surface area contributed by atoms with Crippen LogP contribution in [-0.2, 0) is 0 Å². The summed E-state index contributed by atoms with van der Waals surface area (Å²) in [4.78, 5) is 7.63. The first kappa shape index (κ1) is 13.3. The number of rotatable bonds is 2. The lowest BCUT2D eigenvalue weighted by Gasteiger charge is -2.05. The van der Waals surface area contributed by atoms with Gasteiger partial charge in [-0.05, 0) is 12.1 Å². The van der Waals surface area contributed by atoms with Gasteiger partial charge in [-0.1, -0.05) is 17.7 Å². The van der Waals surface area contributed by atoms with E-state index in [4.69, 9.17) is 16.9 Å². The van der Waals surface area contributed by atoms with Crippen LogP contribution in [0.5, 0.6) is 0 Å². The molecule has 96 valence electrons. The van der Waals surface area contributed by atoms with Gasteiger partial charge in [-0.2, -0.15) is 5.26 Å². The Labute approximate surface area is 111 Å². The van der Waals surface area contributed by atoms with Crippen LogP contribution in [0.2, 0.25) is 5.15 Å². The molecule has 0 aliphatic carbocycles. The van der Waals surface area contributed by atoms with Crippen LogP contribution in [0.1, 0.15) is 17.6 Å². The molecule has 2 aromatic rings. The SMILES string of the molecule is N#Cc1cnc(-c2ccc(C(F)F)c(F)c2)nc1Cl. The van der Waals surface area contributed by atoms with Gasteiger partial charge in [0.05, 0.1) is 11.8 Å². The summed E-state index contributed by atoms with van der Waals surface area (Å²) in [7, 11) is 0. The first-order valence-corrected chi connectivity index (χ1v) is 5.41. The molecule has 0 N–H and O–H groups in total. The fraction of sp³-hybridized carbons (Fsp3) is 0.0833. The van der Waals surface area contributed by atoms with Crippen molar-refractivity contribution < 1.29 is 13.2 Å². The molecule has 1 aromatic heterocycles. The lowest BCUT2D eigenvalue weighted by molar-refractivity contribution is 0.146. The minimum absolute atomic E-state index is 0.0590. The summed E-state index contributed by atoms with van der Waals surface area (Å²) in [6.45, 7) is 0. The third-order valence-corrected chi connectivity index (χ3v) is 2.64. The first-order valence-electron chi connectivity index (χ1n) is 5.03. The van der Waals surface area contributed by atoms with Crippen LogP contribution in [0.4, 0.5) is 13.2 Å². The highest BCUT2D eigenvalue weighted by Crippen LogP contribution is 2.26. The number of hydrogen-bond donors (Lipinski definition) is 0. The maximum atomic E-state index is 13.4. The molecular formula is C12H5ClF3N3. The molecule has 7 heteroatoms. The van der Waals surface area contributed by atoms with E-state index in [9.17, 15) is 13.2 Å². The molecule has 0 unspecified atom stereocenters. The Bertz CT molecular complexity index is 668. The Morgan fingerprint density at radius 2 is 2.05 bits per heavy atom. The molecule has 0 spiro atoms. The van der Waals surface area contributed by atoms with Gasteiger partial charge in [0.15, 0.2) is 11.0 Å². The molecule has 1 heterocycles. The largest absolute Gasteiger partial charge is 0.266 e. The number of nitrogens with zero attached hydrogens (tertiary/aromatic N) is 3. The smallest absolute Gasteiger partial charge is 0.235 e. The van der Waals surface area contributed by atoms with E-state index in [0.717, 1.165) is 12.1 Å². The van der Waals surface area contributed by atoms with Crippen LogP contribution < -0.4 is 0 Å². The van der Waals surface area contributed by atoms with Crippen LogP contribution >= 0.6 is 11.6 Å². The molecule has 0 fully saturated rings. The third-order valence-electron chi connectivity index (χ3n) is 2.36. The molecular weight excluding hydrogens is 279 g/mol. The topological polar surface area (TPSA) is 49.6 Å². The maximum absolute atomic E-state index is 13.4. The molecule has 0 amide bonds. The molecule has 19 heavy (non-hydrogen) atoms. The maximum Gasteiger partial charge on any atom is 0.266 e. The lowest BCUT2D eigenvalue weighted by Crippen LogP contribution is -1.95. The van der Waals surface area contributed by atoms with Crippen LogP contribution in [-0.4, -0.2) is 9.97 Å². The van der Waals surface area contributed by atoms with Crippen molar-refractivity contribution in [3.8, 4) is 17.5 Å². The van der Waals surface area contributed by atoms with Gasteiger partial charge >= 0.3 is 0 Å². The van der Waals surface area contributed by atoms with Crippen LogP contribution in [0.15, 0.2) is 24.4 Å². The molecule has 1 aromatic carbocycles. The molecule has 0 saturated carbocycles. The molecule has 0 aliphatic heterocycles. The first-order chi connectivity index (χ1) is 9.02. The highest BCUT2D eigenvalue weighted by Gasteiger charge is 2.15. The predicted octanol–water partition coefficient (Wildman–Crippen LogP) is 3.75. The van der Waals surface area contributed by atoms with Crippen molar-refractivity contribution in [1.29, 1.82) is 5.26 Å². The summed E-state index contributed by atoms with van der Waals surface area (Å²) in [5, 5.41) is 8.59. The standard InChI is InChI=1S/C12H5ClF3N3/c13-10-7(4-17)5-18-12(19-10)6-1-2-8(11(15)16)9(14)3-6/h1-3,5,11H. The average molecular weight is 284 g/mol. The Hall–Kier alpha value is -2.13. The van der Waals surface area contributed by atoms with Crippen LogP contribution in [0.25, 0.3) is 11.4 Å². The van der Waals surface area contributed by atoms with E-state index in [-0.39, 0.29) is 22.1 Å². The second-order valence-corrected chi connectivity index (χ2v) is 3.90. The van der Waals surface area contributed by atoms with Gasteiger partial charge in [-0.3, -0.25) is 0 Å². The summed E-state index contributed by atoms with van der Waals surface area (Å²) in [5.41, 5.74) is -0.410. The predicted molar refractivity (Wildman–Crippen MR) is 62.1 cm³/mol. The zero-order valence-corrected chi connectivity index (χ0v) is 10.00. The minimum Gasteiger partial charge on any atom is -0.235 e. The number of alkyl halides is 2. The summed E-state index contributed by atoms with van der Waals surface area (Å²) >= 11 is 5.71. The summed E-state index contributed by atoms with van der Waals surface area (Å²) in [6.07, 6.45) is -1.71. The molecule has 0 bridgehead atoms. The van der Waals surface area contributed by atoms with E-state index in [0.29, 0.717) is 0 Å². The van der Waals surface area contributed by atoms with Crippen LogP contribution in [0, 0.1) is 17.1 Å². The number of aromatic nitrogens is 2. The fourth-order valence-electron chi connectivity index (χ4n) is 1.42. The van der Waals surface area contributed by atoms with Crippen molar-refractivity contribution in [2.24, 2.45) is 0 Å². The van der Waals surface area contributed by atoms with Gasteiger partial charge in [0, 0.05) is 5.56 Å². The molecule has 0 atom stereocenters. The van der Waals surface area contributed by atoms with Crippen molar-refractivity contribution in [3.63, 3.8) is 0 Å². The summed E-state index contributed by atoms with van der Waals surface area (Å²) in [5.74, 6) is -0.986. The average Bonchev–Trinajstić information content (AvgIpc) is 2.38. The van der Waals surface area contributed by atoms with E-state index in [2.05, 4.69) is 9.97 Å². The van der Waals surface area contributed by atoms with E-state index in [1.54, 1.807) is 6.07 Å². The van der Waals surface area contributed by atoms with Gasteiger partial charge in [-0.15, -0.1) is 0 Å². The fourth-order valence-corrected chi connectivity index (χ4v) is 1.59. The van der Waals surface area contributed by atoms with Crippen molar-refractivity contribution in [2.45, 2.75) is 6.43 Å². The Morgan fingerprint density at radius 3 is 2.58 bits per heavy atom. The summed E-state index contributed by atoms with van der Waals surface area (Å²) < 4.78 is 38.2. The molecule has 0 saturated heterocycles. The molecule has 0 radical (unpaired) electrons. The van der Waals surface area contributed by atoms with E-state index in [1.807, 2.05) is 0 Å². The highest BCUT2D eigenvalue weighted by molar-refractivity contribution is 6.30. The minimum atomic E-state index is -2.89. The lowest BCUT2D eigenvalue weighted by atomic mass is 10.1. The number of halogens is 4. The monoisotopic (exact) mass is 283 g/mol. The van der Waals surface area contributed by atoms with E-state index < -0.39 is 17.8 Å². The molecule has 3 nitrogen and oxygen atoms in total. The van der Waals surface area contributed by atoms with Gasteiger partial charge in [0.1, 0.15) is 17.4 Å². The van der Waals surface area contributed by atoms with Gasteiger partial charge < -0.3 is 0 Å². The summed E-state index contributed by atoms with van der Waals surface area (Å²) in [6, 6.07) is 4.91. The number of hydrogen-bond acceptors (Lipinski definition) is 3. The van der Waals surface area contributed by atoms with E-state index >= 15 is 0 Å². The van der Waals surface area contributed by atoms with E-state index in [1.165, 1.54) is 12.3 Å². The Balaban J connectivity index is 2.46. The zero-order chi connectivity index (χ0) is 14.0. The van der Waals surface area contributed by atoms with Crippen LogP contribution in [0.3, 0.4) is 0 Å². The zero-order valence-electron chi connectivity index (χ0n) is 9.24. The van der Waals surface area contributed by atoms with Crippen molar-refractivity contribution in [3.05, 3.63) is 46.5 Å². The van der Waals surface area contributed by atoms with Crippen molar-refractivity contribution >= 4 is 11.6 Å². The van der Waals surface area contributed by atoms with Gasteiger partial charge in [-0.25, -0.2) is 23.1 Å². The molecule has 0 aliphatic rings. The second kappa shape index (κ2) is 5.24. The highest BCUT2D eigenvalue weighted by atomic mass is 35.5. The van der Waals surface area contributed by atoms with Gasteiger partial charge in [0.2, 0.25) is 0 Å². The van der Waals surface area contributed by atoms with Crippen molar-refractivity contribution in [2.75, 3.05) is 0 Å². The Morgan fingerprint density at radius 1 is 1.32 bits per heavy atom. The second-order valence-electron chi connectivity index (χ2n) is 3.55.